The number of rotatable bonds is 7. The maximum absolute atomic E-state index is 10.8. The summed E-state index contributed by atoms with van der Waals surface area (Å²) in [5.74, 6) is 0. The van der Waals surface area contributed by atoms with Gasteiger partial charge in [-0.25, -0.2) is 0 Å². The van der Waals surface area contributed by atoms with Crippen molar-refractivity contribution in [1.29, 1.82) is 0 Å². The van der Waals surface area contributed by atoms with Crippen LogP contribution in [0.1, 0.15) is 9.67 Å². The molecule has 1 heterocycles. The van der Waals surface area contributed by atoms with Crippen LogP contribution in [0.25, 0.3) is 11.1 Å². The molecular weight excluding hydrogens is 288 g/mol. The Bertz CT molecular complexity index is 607. The number of nitrogen functional groups attached to an aromatic ring is 1. The van der Waals surface area contributed by atoms with Crippen LogP contribution in [0.5, 0.6) is 0 Å². The summed E-state index contributed by atoms with van der Waals surface area (Å²) in [6.07, 6.45) is 0.817. The zero-order chi connectivity index (χ0) is 15.2. The summed E-state index contributed by atoms with van der Waals surface area (Å²) in [6.45, 7) is 0.890. The third-order valence-corrected chi connectivity index (χ3v) is 4.05. The lowest BCUT2D eigenvalue weighted by Crippen LogP contribution is -2.29. The quantitative estimate of drug-likeness (QED) is 0.534. The number of benzene rings is 1. The molecule has 0 radical (unpaired) electrons. The Morgan fingerprint density at radius 1 is 1.19 bits per heavy atom. The van der Waals surface area contributed by atoms with Crippen LogP contribution in [0.4, 0.5) is 11.4 Å². The molecule has 21 heavy (non-hydrogen) atoms. The Kier molecular flexibility index (Phi) is 5.32. The molecule has 0 saturated heterocycles. The molecule has 1 aromatic carbocycles. The monoisotopic (exact) mass is 306 g/mol. The van der Waals surface area contributed by atoms with Crippen LogP contribution in [0.3, 0.4) is 0 Å². The van der Waals surface area contributed by atoms with E-state index in [1.807, 2.05) is 22.4 Å². The van der Waals surface area contributed by atoms with Gasteiger partial charge >= 0.3 is 0 Å². The molecule has 5 nitrogen and oxygen atoms in total. The van der Waals surface area contributed by atoms with E-state index in [2.05, 4.69) is 0 Å². The number of thiophene rings is 1. The number of nitrogens with two attached hydrogens (primary N) is 1. The topological polar surface area (TPSA) is 86.8 Å². The van der Waals surface area contributed by atoms with E-state index in [4.69, 9.17) is 15.9 Å². The van der Waals surface area contributed by atoms with Crippen molar-refractivity contribution in [3.8, 4) is 11.1 Å². The van der Waals surface area contributed by atoms with Crippen LogP contribution in [-0.4, -0.2) is 42.8 Å². The molecule has 0 bridgehead atoms. The van der Waals surface area contributed by atoms with Gasteiger partial charge in [0.25, 0.3) is 0 Å². The smallest absolute Gasteiger partial charge is 0.160 e. The molecule has 4 N–H and O–H groups in total. The highest BCUT2D eigenvalue weighted by molar-refractivity contribution is 7.12. The lowest BCUT2D eigenvalue weighted by Gasteiger charge is -2.24. The van der Waals surface area contributed by atoms with Crippen LogP contribution in [-0.2, 0) is 0 Å². The van der Waals surface area contributed by atoms with Crippen molar-refractivity contribution in [3.05, 3.63) is 34.5 Å². The fraction of sp³-hybridized carbons (Fsp3) is 0.267. The van der Waals surface area contributed by atoms with Gasteiger partial charge in [-0.3, -0.25) is 4.79 Å². The Morgan fingerprint density at radius 3 is 2.48 bits per heavy atom. The number of nitrogens with zero attached hydrogens (tertiary/aromatic N) is 1. The van der Waals surface area contributed by atoms with Crippen molar-refractivity contribution in [2.75, 3.05) is 36.9 Å². The predicted molar refractivity (Wildman–Crippen MR) is 85.9 cm³/mol. The molecule has 6 heteroatoms. The largest absolute Gasteiger partial charge is 0.398 e. The summed E-state index contributed by atoms with van der Waals surface area (Å²) in [5.41, 5.74) is 9.26. The molecule has 0 unspecified atom stereocenters. The van der Waals surface area contributed by atoms with E-state index in [1.165, 1.54) is 11.3 Å². The average Bonchev–Trinajstić information content (AvgIpc) is 2.96. The van der Waals surface area contributed by atoms with Gasteiger partial charge in [-0.2, -0.15) is 0 Å². The number of carbonyl (C=O) groups is 1. The van der Waals surface area contributed by atoms with Gasteiger partial charge in [-0.15, -0.1) is 11.3 Å². The summed E-state index contributed by atoms with van der Waals surface area (Å²) in [4.78, 5) is 13.3. The standard InChI is InChI=1S/C15H18N2O3S/c16-15-2-1-12(17(3-5-18)4-6-19)8-14(15)11-7-13(9-20)21-10-11/h1-2,7-10,18-19H,3-6,16H2. The molecule has 0 spiro atoms. The lowest BCUT2D eigenvalue weighted by molar-refractivity contribution is 0.112. The molecule has 0 saturated carbocycles. The highest BCUT2D eigenvalue weighted by Crippen LogP contribution is 2.32. The van der Waals surface area contributed by atoms with Crippen molar-refractivity contribution in [1.82, 2.24) is 0 Å². The summed E-state index contributed by atoms with van der Waals surface area (Å²) in [5, 5.41) is 20.1. The van der Waals surface area contributed by atoms with Crippen molar-refractivity contribution in [2.45, 2.75) is 0 Å². The minimum atomic E-state index is 0.00739. The van der Waals surface area contributed by atoms with Gasteiger partial charge < -0.3 is 20.8 Å². The minimum Gasteiger partial charge on any atom is -0.398 e. The van der Waals surface area contributed by atoms with Crippen LogP contribution in [0.2, 0.25) is 0 Å². The van der Waals surface area contributed by atoms with E-state index in [0.717, 1.165) is 23.1 Å². The first-order chi connectivity index (χ1) is 10.2. The maximum atomic E-state index is 10.8. The normalized spacial score (nSPS) is 10.6. The lowest BCUT2D eigenvalue weighted by atomic mass is 10.1. The van der Waals surface area contributed by atoms with Crippen molar-refractivity contribution in [3.63, 3.8) is 0 Å². The second kappa shape index (κ2) is 7.21. The van der Waals surface area contributed by atoms with Crippen molar-refractivity contribution < 1.29 is 15.0 Å². The van der Waals surface area contributed by atoms with E-state index in [9.17, 15) is 4.79 Å². The molecule has 0 atom stereocenters. The summed E-state index contributed by atoms with van der Waals surface area (Å²) < 4.78 is 0. The fourth-order valence-corrected chi connectivity index (χ4v) is 2.87. The van der Waals surface area contributed by atoms with Gasteiger partial charge in [0.15, 0.2) is 6.29 Å². The van der Waals surface area contributed by atoms with Crippen LogP contribution >= 0.6 is 11.3 Å². The first kappa shape index (κ1) is 15.5. The summed E-state index contributed by atoms with van der Waals surface area (Å²) in [7, 11) is 0. The Hall–Kier alpha value is -1.89. The molecule has 112 valence electrons. The first-order valence-corrected chi connectivity index (χ1v) is 7.48. The Labute approximate surface area is 127 Å². The van der Waals surface area contributed by atoms with Crippen molar-refractivity contribution >= 4 is 29.0 Å². The molecule has 1 aromatic heterocycles. The minimum absolute atomic E-state index is 0.00739. The molecule has 0 amide bonds. The number of hydrogen-bond donors (Lipinski definition) is 3. The molecule has 2 aromatic rings. The average molecular weight is 306 g/mol. The molecular formula is C15H18N2O3S. The third-order valence-electron chi connectivity index (χ3n) is 3.19. The van der Waals surface area contributed by atoms with Crippen LogP contribution in [0.15, 0.2) is 29.6 Å². The van der Waals surface area contributed by atoms with Gasteiger partial charge in [0.2, 0.25) is 0 Å². The Balaban J connectivity index is 2.37. The van der Waals surface area contributed by atoms with E-state index in [-0.39, 0.29) is 13.2 Å². The zero-order valence-electron chi connectivity index (χ0n) is 11.5. The molecule has 0 fully saturated rings. The van der Waals surface area contributed by atoms with Crippen molar-refractivity contribution in [2.24, 2.45) is 0 Å². The number of hydrogen-bond acceptors (Lipinski definition) is 6. The van der Waals surface area contributed by atoms with E-state index in [0.29, 0.717) is 23.7 Å². The summed E-state index contributed by atoms with van der Waals surface area (Å²) >= 11 is 1.37. The fourth-order valence-electron chi connectivity index (χ4n) is 2.16. The van der Waals surface area contributed by atoms with Crippen LogP contribution in [0, 0.1) is 0 Å². The highest BCUT2D eigenvalue weighted by Gasteiger charge is 2.11. The number of aliphatic hydroxyl groups excluding tert-OH is 2. The van der Waals surface area contributed by atoms with Gasteiger partial charge in [-0.05, 0) is 35.2 Å². The number of anilines is 2. The molecule has 0 aliphatic carbocycles. The van der Waals surface area contributed by atoms with E-state index < -0.39 is 0 Å². The van der Waals surface area contributed by atoms with E-state index >= 15 is 0 Å². The third kappa shape index (κ3) is 3.60. The SMILES string of the molecule is Nc1ccc(N(CCO)CCO)cc1-c1csc(C=O)c1. The number of aliphatic hydroxyl groups is 2. The second-order valence-corrected chi connectivity index (χ2v) is 5.50. The van der Waals surface area contributed by atoms with Crippen LogP contribution < -0.4 is 10.6 Å². The first-order valence-electron chi connectivity index (χ1n) is 6.60. The molecule has 0 aliphatic rings. The number of aldehydes is 1. The maximum Gasteiger partial charge on any atom is 0.160 e. The van der Waals surface area contributed by atoms with E-state index in [1.54, 1.807) is 12.1 Å². The van der Waals surface area contributed by atoms with Gasteiger partial charge in [0.05, 0.1) is 18.1 Å². The van der Waals surface area contributed by atoms with Gasteiger partial charge in [0.1, 0.15) is 0 Å². The highest BCUT2D eigenvalue weighted by atomic mass is 32.1. The molecule has 2 rings (SSSR count). The van der Waals surface area contributed by atoms with Gasteiger partial charge in [-0.1, -0.05) is 0 Å². The van der Waals surface area contributed by atoms with Gasteiger partial charge in [0, 0.05) is 30.0 Å². The predicted octanol–water partition coefficient (Wildman–Crippen LogP) is 1.60. The zero-order valence-corrected chi connectivity index (χ0v) is 12.3. The second-order valence-electron chi connectivity index (χ2n) is 4.56. The summed E-state index contributed by atoms with van der Waals surface area (Å²) in [6, 6.07) is 7.37. The molecule has 0 aliphatic heterocycles. The Morgan fingerprint density at radius 2 is 1.90 bits per heavy atom. The number of carbonyl (C=O) groups excluding carboxylic acids is 1.